The first-order chi connectivity index (χ1) is 5.72. The summed E-state index contributed by atoms with van der Waals surface area (Å²) in [6.45, 7) is 2.06. The number of rotatable bonds is 2. The highest BCUT2D eigenvalue weighted by atomic mass is 35.5. The average molecular weight is 201 g/mol. The number of anilines is 1. The van der Waals surface area contributed by atoms with Crippen LogP contribution in [-0.4, -0.2) is 6.03 Å². The Morgan fingerprint density at radius 3 is 2.77 bits per heavy atom. The standard InChI is InChI=1S/C9H12N2O.ClH/c1-2-7-4-3-5-8(6-7)11-9(10)12;/h3-6H,2H2,1H3,(H3,10,11,12);1H. The molecule has 1 aromatic carbocycles. The Balaban J connectivity index is 0.00000144. The average Bonchev–Trinajstić information content (AvgIpc) is 2.03. The summed E-state index contributed by atoms with van der Waals surface area (Å²) in [7, 11) is 0. The number of benzene rings is 1. The lowest BCUT2D eigenvalue weighted by molar-refractivity contribution is 0.259. The van der Waals surface area contributed by atoms with E-state index < -0.39 is 6.03 Å². The molecule has 3 nitrogen and oxygen atoms in total. The summed E-state index contributed by atoms with van der Waals surface area (Å²) < 4.78 is 0. The van der Waals surface area contributed by atoms with Crippen molar-refractivity contribution < 1.29 is 4.79 Å². The van der Waals surface area contributed by atoms with Crippen molar-refractivity contribution in [1.82, 2.24) is 0 Å². The first-order valence-corrected chi connectivity index (χ1v) is 3.87. The lowest BCUT2D eigenvalue weighted by atomic mass is 10.1. The highest BCUT2D eigenvalue weighted by molar-refractivity contribution is 5.87. The minimum absolute atomic E-state index is 0. The molecule has 1 aromatic rings. The van der Waals surface area contributed by atoms with E-state index in [1.54, 1.807) is 0 Å². The maximum Gasteiger partial charge on any atom is 0.316 e. The fourth-order valence-corrected chi connectivity index (χ4v) is 1.01. The van der Waals surface area contributed by atoms with Crippen LogP contribution in [0.1, 0.15) is 12.5 Å². The van der Waals surface area contributed by atoms with E-state index in [0.29, 0.717) is 0 Å². The van der Waals surface area contributed by atoms with Crippen molar-refractivity contribution in [2.45, 2.75) is 13.3 Å². The van der Waals surface area contributed by atoms with Gasteiger partial charge in [-0.3, -0.25) is 0 Å². The third-order valence-electron chi connectivity index (χ3n) is 1.60. The summed E-state index contributed by atoms with van der Waals surface area (Å²) in [5, 5.41) is 2.52. The van der Waals surface area contributed by atoms with E-state index in [2.05, 4.69) is 12.2 Å². The van der Waals surface area contributed by atoms with Crippen LogP contribution in [0.15, 0.2) is 24.3 Å². The van der Waals surface area contributed by atoms with E-state index in [1.165, 1.54) is 5.56 Å². The number of carbonyl (C=O) groups is 1. The maximum absolute atomic E-state index is 10.5. The predicted molar refractivity (Wildman–Crippen MR) is 56.3 cm³/mol. The summed E-state index contributed by atoms with van der Waals surface area (Å²) in [5.74, 6) is 0. The lowest BCUT2D eigenvalue weighted by Crippen LogP contribution is -2.19. The van der Waals surface area contributed by atoms with Crippen LogP contribution >= 0.6 is 12.4 Å². The summed E-state index contributed by atoms with van der Waals surface area (Å²) in [6.07, 6.45) is 0.953. The highest BCUT2D eigenvalue weighted by Gasteiger charge is 1.95. The molecule has 0 saturated heterocycles. The molecule has 72 valence electrons. The number of hydrogen-bond acceptors (Lipinski definition) is 1. The van der Waals surface area contributed by atoms with Crippen molar-refractivity contribution in [2.75, 3.05) is 5.32 Å². The minimum atomic E-state index is -0.525. The van der Waals surface area contributed by atoms with E-state index in [9.17, 15) is 4.79 Å². The van der Waals surface area contributed by atoms with Gasteiger partial charge in [0.25, 0.3) is 0 Å². The second-order valence-electron chi connectivity index (χ2n) is 2.54. The second kappa shape index (κ2) is 5.43. The van der Waals surface area contributed by atoms with Gasteiger partial charge in [0.1, 0.15) is 0 Å². The normalized spacial score (nSPS) is 8.69. The third kappa shape index (κ3) is 3.80. The van der Waals surface area contributed by atoms with Crippen molar-refractivity contribution >= 4 is 24.1 Å². The van der Waals surface area contributed by atoms with Crippen molar-refractivity contribution in [2.24, 2.45) is 5.73 Å². The Labute approximate surface area is 83.7 Å². The molecule has 0 aliphatic heterocycles. The van der Waals surface area contributed by atoms with Crippen LogP contribution in [0.3, 0.4) is 0 Å². The fourth-order valence-electron chi connectivity index (χ4n) is 1.01. The molecule has 0 fully saturated rings. The zero-order chi connectivity index (χ0) is 8.97. The van der Waals surface area contributed by atoms with Gasteiger partial charge in [-0.1, -0.05) is 19.1 Å². The monoisotopic (exact) mass is 200 g/mol. The number of hydrogen-bond donors (Lipinski definition) is 2. The van der Waals surface area contributed by atoms with Crippen molar-refractivity contribution in [3.05, 3.63) is 29.8 Å². The number of amides is 2. The third-order valence-corrected chi connectivity index (χ3v) is 1.60. The molecule has 0 bridgehead atoms. The van der Waals surface area contributed by atoms with E-state index in [1.807, 2.05) is 24.3 Å². The molecule has 2 amide bonds. The molecule has 0 aliphatic rings. The number of halogens is 1. The zero-order valence-corrected chi connectivity index (χ0v) is 8.23. The topological polar surface area (TPSA) is 55.1 Å². The SMILES string of the molecule is CCc1cccc(NC(N)=O)c1.Cl. The molecule has 0 heterocycles. The molecule has 13 heavy (non-hydrogen) atoms. The van der Waals surface area contributed by atoms with Gasteiger partial charge in [-0.25, -0.2) is 4.79 Å². The molecule has 0 unspecified atom stereocenters. The van der Waals surface area contributed by atoms with E-state index >= 15 is 0 Å². The quantitative estimate of drug-likeness (QED) is 0.755. The van der Waals surface area contributed by atoms with Gasteiger partial charge in [-0.05, 0) is 24.1 Å². The van der Waals surface area contributed by atoms with Gasteiger partial charge >= 0.3 is 6.03 Å². The maximum atomic E-state index is 10.5. The number of primary amides is 1. The molecule has 0 spiro atoms. The number of urea groups is 1. The first kappa shape index (κ1) is 11.8. The minimum Gasteiger partial charge on any atom is -0.351 e. The van der Waals surface area contributed by atoms with Crippen LogP contribution in [0, 0.1) is 0 Å². The molecule has 3 N–H and O–H groups in total. The van der Waals surface area contributed by atoms with E-state index in [0.717, 1.165) is 12.1 Å². The first-order valence-electron chi connectivity index (χ1n) is 3.87. The van der Waals surface area contributed by atoms with Crippen molar-refractivity contribution in [1.29, 1.82) is 0 Å². The number of carbonyl (C=O) groups excluding carboxylic acids is 1. The Morgan fingerprint density at radius 1 is 1.54 bits per heavy atom. The molecule has 0 radical (unpaired) electrons. The van der Waals surface area contributed by atoms with E-state index in [-0.39, 0.29) is 12.4 Å². The Morgan fingerprint density at radius 2 is 2.23 bits per heavy atom. The van der Waals surface area contributed by atoms with Gasteiger partial charge in [-0.15, -0.1) is 12.4 Å². The fraction of sp³-hybridized carbons (Fsp3) is 0.222. The summed E-state index contributed by atoms with van der Waals surface area (Å²) in [4.78, 5) is 10.5. The second-order valence-corrected chi connectivity index (χ2v) is 2.54. The number of aryl methyl sites for hydroxylation is 1. The van der Waals surface area contributed by atoms with Gasteiger partial charge in [0, 0.05) is 5.69 Å². The lowest BCUT2D eigenvalue weighted by Gasteiger charge is -2.02. The van der Waals surface area contributed by atoms with E-state index in [4.69, 9.17) is 5.73 Å². The van der Waals surface area contributed by atoms with Crippen LogP contribution < -0.4 is 11.1 Å². The van der Waals surface area contributed by atoms with Crippen molar-refractivity contribution in [3.63, 3.8) is 0 Å². The summed E-state index contributed by atoms with van der Waals surface area (Å²) in [6, 6.07) is 7.09. The summed E-state index contributed by atoms with van der Waals surface area (Å²) in [5.41, 5.74) is 6.90. The molecular formula is C9H13ClN2O. The van der Waals surface area contributed by atoms with Gasteiger partial charge in [0.05, 0.1) is 0 Å². The Kier molecular flexibility index (Phi) is 4.92. The van der Waals surface area contributed by atoms with Crippen LogP contribution in [0.4, 0.5) is 10.5 Å². The number of nitrogens with two attached hydrogens (primary N) is 1. The molecule has 1 rings (SSSR count). The largest absolute Gasteiger partial charge is 0.351 e. The molecule has 0 aliphatic carbocycles. The molecule has 0 saturated carbocycles. The predicted octanol–water partition coefficient (Wildman–Crippen LogP) is 2.16. The molecule has 0 aromatic heterocycles. The Bertz CT molecular complexity index is 289. The highest BCUT2D eigenvalue weighted by Crippen LogP contribution is 2.10. The van der Waals surface area contributed by atoms with Gasteiger partial charge in [0.15, 0.2) is 0 Å². The molecule has 4 heteroatoms. The number of nitrogens with one attached hydrogen (secondary N) is 1. The smallest absolute Gasteiger partial charge is 0.316 e. The zero-order valence-electron chi connectivity index (χ0n) is 7.41. The van der Waals surface area contributed by atoms with Crippen molar-refractivity contribution in [3.8, 4) is 0 Å². The Hall–Kier alpha value is -1.22. The van der Waals surface area contributed by atoms with Gasteiger partial charge < -0.3 is 11.1 Å². The van der Waals surface area contributed by atoms with Crippen LogP contribution in [0.5, 0.6) is 0 Å². The van der Waals surface area contributed by atoms with Crippen LogP contribution in [0.2, 0.25) is 0 Å². The van der Waals surface area contributed by atoms with Crippen LogP contribution in [-0.2, 0) is 6.42 Å². The van der Waals surface area contributed by atoms with Gasteiger partial charge in [0.2, 0.25) is 0 Å². The van der Waals surface area contributed by atoms with Crippen LogP contribution in [0.25, 0.3) is 0 Å². The molecular weight excluding hydrogens is 188 g/mol. The van der Waals surface area contributed by atoms with Gasteiger partial charge in [-0.2, -0.15) is 0 Å². The molecule has 0 atom stereocenters. The summed E-state index contributed by atoms with van der Waals surface area (Å²) >= 11 is 0.